The first-order valence-corrected chi connectivity index (χ1v) is 8.55. The van der Waals surface area contributed by atoms with Gasteiger partial charge in [0.2, 0.25) is 0 Å². The van der Waals surface area contributed by atoms with Gasteiger partial charge in [0, 0.05) is 12.8 Å². The van der Waals surface area contributed by atoms with Gasteiger partial charge in [-0.1, -0.05) is 12.1 Å². The molecule has 21 heavy (non-hydrogen) atoms. The van der Waals surface area contributed by atoms with Crippen LogP contribution in [0.15, 0.2) is 24.3 Å². The zero-order valence-corrected chi connectivity index (χ0v) is 13.1. The van der Waals surface area contributed by atoms with Crippen LogP contribution < -0.4 is 9.80 Å². The van der Waals surface area contributed by atoms with Gasteiger partial charge in [-0.05, 0) is 12.1 Å². The number of benzene rings is 1. The fourth-order valence-corrected chi connectivity index (χ4v) is 4.05. The first-order valence-electron chi connectivity index (χ1n) is 7.73. The van der Waals surface area contributed by atoms with Crippen LogP contribution in [0.4, 0.5) is 0 Å². The summed E-state index contributed by atoms with van der Waals surface area (Å²) in [6.45, 7) is 7.11. The molecule has 1 aromatic carbocycles. The molecule has 0 aliphatic carbocycles. The number of hydrogen-bond donors (Lipinski definition) is 2. The van der Waals surface area contributed by atoms with E-state index in [0.29, 0.717) is 6.42 Å². The van der Waals surface area contributed by atoms with Crippen molar-refractivity contribution in [1.82, 2.24) is 4.98 Å². The number of unbranched alkanes of at least 4 members (excludes halogenated alkanes) is 1. The van der Waals surface area contributed by atoms with Crippen molar-refractivity contribution in [2.45, 2.75) is 19.4 Å². The number of nitrogens with one attached hydrogen (secondary N) is 2. The maximum Gasteiger partial charge on any atom is 0.148 e. The fraction of sp³-hybridized carbons (Fsp3) is 0.500. The highest BCUT2D eigenvalue weighted by Gasteiger charge is 2.23. The molecule has 2 N–H and O–H groups in total. The topological polar surface area (TPSA) is 45.6 Å². The van der Waals surface area contributed by atoms with Crippen LogP contribution in [0.3, 0.4) is 0 Å². The second-order valence-corrected chi connectivity index (χ2v) is 6.88. The molecule has 4 nitrogen and oxygen atoms in total. The van der Waals surface area contributed by atoms with E-state index in [1.165, 1.54) is 35.9 Å². The van der Waals surface area contributed by atoms with Crippen LogP contribution in [-0.2, 0) is 6.54 Å². The maximum absolute atomic E-state index is 8.59. The minimum absolute atomic E-state index is 0.700. The molecule has 0 amide bonds. The summed E-state index contributed by atoms with van der Waals surface area (Å²) in [5, 5.41) is 9.86. The summed E-state index contributed by atoms with van der Waals surface area (Å²) in [6, 6.07) is 10.6. The Balaban J connectivity index is 1.50. The van der Waals surface area contributed by atoms with Gasteiger partial charge in [-0.15, -0.1) is 11.3 Å². The lowest BCUT2D eigenvalue weighted by molar-refractivity contribution is -1.02. The maximum atomic E-state index is 8.59. The lowest BCUT2D eigenvalue weighted by Crippen LogP contribution is -3.27. The Morgan fingerprint density at radius 1 is 1.14 bits per heavy atom. The molecule has 1 aromatic heterocycles. The lowest BCUT2D eigenvalue weighted by atomic mass is 10.2. The van der Waals surface area contributed by atoms with Gasteiger partial charge < -0.3 is 9.80 Å². The summed E-state index contributed by atoms with van der Waals surface area (Å²) in [5.74, 6) is 0. The molecule has 1 fully saturated rings. The van der Waals surface area contributed by atoms with Crippen LogP contribution in [0.25, 0.3) is 10.2 Å². The number of thiazole rings is 1. The first kappa shape index (κ1) is 14.5. The molecule has 0 radical (unpaired) electrons. The standard InChI is InChI=1S/C16H20N4S/c17-7-3-4-8-19-9-11-20(12-10-19)13-16-18-14-5-1-2-6-15(14)21-16/h1-2,5-6H,3-4,8-13H2/p+2. The number of piperazine rings is 1. The zero-order valence-electron chi connectivity index (χ0n) is 12.3. The third-order valence-electron chi connectivity index (χ3n) is 4.22. The normalized spacial score (nSPS) is 22.2. The largest absolute Gasteiger partial charge is 0.326 e. The molecule has 1 aliphatic rings. The van der Waals surface area contributed by atoms with Crippen molar-refractivity contribution in [3.05, 3.63) is 29.3 Å². The summed E-state index contributed by atoms with van der Waals surface area (Å²) in [4.78, 5) is 8.06. The van der Waals surface area contributed by atoms with Crippen molar-refractivity contribution in [3.63, 3.8) is 0 Å². The van der Waals surface area contributed by atoms with Crippen LogP contribution >= 0.6 is 11.3 Å². The molecule has 1 aliphatic heterocycles. The van der Waals surface area contributed by atoms with E-state index in [4.69, 9.17) is 10.2 Å². The lowest BCUT2D eigenvalue weighted by Gasteiger charge is -2.29. The average molecular weight is 302 g/mol. The van der Waals surface area contributed by atoms with E-state index in [9.17, 15) is 0 Å². The molecular weight excluding hydrogens is 280 g/mol. The number of quaternary nitrogens is 2. The molecule has 0 unspecified atom stereocenters. The van der Waals surface area contributed by atoms with Crippen molar-refractivity contribution in [2.75, 3.05) is 32.7 Å². The van der Waals surface area contributed by atoms with Gasteiger partial charge in [-0.25, -0.2) is 4.98 Å². The van der Waals surface area contributed by atoms with Crippen molar-refractivity contribution in [1.29, 1.82) is 5.26 Å². The summed E-state index contributed by atoms with van der Waals surface area (Å²) >= 11 is 1.83. The second-order valence-electron chi connectivity index (χ2n) is 5.76. The summed E-state index contributed by atoms with van der Waals surface area (Å²) in [6.07, 6.45) is 1.74. The van der Waals surface area contributed by atoms with E-state index in [1.807, 2.05) is 11.3 Å². The smallest absolute Gasteiger partial charge is 0.148 e. The molecule has 0 bridgehead atoms. The van der Waals surface area contributed by atoms with Crippen molar-refractivity contribution >= 4 is 21.6 Å². The minimum Gasteiger partial charge on any atom is -0.326 e. The molecule has 2 heterocycles. The quantitative estimate of drug-likeness (QED) is 0.757. The van der Waals surface area contributed by atoms with E-state index in [0.717, 1.165) is 25.0 Å². The first-order chi connectivity index (χ1) is 10.3. The van der Waals surface area contributed by atoms with Crippen molar-refractivity contribution in [2.24, 2.45) is 0 Å². The van der Waals surface area contributed by atoms with E-state index in [2.05, 4.69) is 30.3 Å². The van der Waals surface area contributed by atoms with E-state index >= 15 is 0 Å². The highest BCUT2D eigenvalue weighted by atomic mass is 32.1. The van der Waals surface area contributed by atoms with Gasteiger partial charge in [0.25, 0.3) is 0 Å². The summed E-state index contributed by atoms with van der Waals surface area (Å²) < 4.78 is 1.30. The number of fused-ring (bicyclic) bond motifs is 1. The number of para-hydroxylation sites is 1. The second kappa shape index (κ2) is 6.99. The zero-order chi connectivity index (χ0) is 14.5. The molecule has 0 saturated carbocycles. The molecule has 1 saturated heterocycles. The van der Waals surface area contributed by atoms with Gasteiger partial charge in [-0.2, -0.15) is 5.26 Å². The summed E-state index contributed by atoms with van der Waals surface area (Å²) in [5.41, 5.74) is 1.14. The molecule has 5 heteroatoms. The van der Waals surface area contributed by atoms with Crippen LogP contribution in [0.2, 0.25) is 0 Å². The van der Waals surface area contributed by atoms with Gasteiger partial charge >= 0.3 is 0 Å². The number of nitrogens with zero attached hydrogens (tertiary/aromatic N) is 2. The van der Waals surface area contributed by atoms with Gasteiger partial charge in [-0.3, -0.25) is 0 Å². The van der Waals surface area contributed by atoms with E-state index in [-0.39, 0.29) is 0 Å². The van der Waals surface area contributed by atoms with Crippen LogP contribution in [0, 0.1) is 11.3 Å². The van der Waals surface area contributed by atoms with Gasteiger partial charge in [0.15, 0.2) is 0 Å². The van der Waals surface area contributed by atoms with E-state index < -0.39 is 0 Å². The molecule has 3 rings (SSSR count). The molecule has 110 valence electrons. The van der Waals surface area contributed by atoms with Gasteiger partial charge in [0.05, 0.1) is 22.8 Å². The Labute approximate surface area is 129 Å². The number of hydrogen-bond acceptors (Lipinski definition) is 3. The Bertz CT molecular complexity index is 589. The highest BCUT2D eigenvalue weighted by molar-refractivity contribution is 7.18. The fourth-order valence-electron chi connectivity index (χ4n) is 3.01. The molecule has 2 aromatic rings. The Kier molecular flexibility index (Phi) is 4.81. The van der Waals surface area contributed by atoms with Crippen molar-refractivity contribution in [3.8, 4) is 6.07 Å². The molecule has 0 spiro atoms. The number of aromatic nitrogens is 1. The van der Waals surface area contributed by atoms with Crippen LogP contribution in [0.1, 0.15) is 17.8 Å². The predicted octanol–water partition coefficient (Wildman–Crippen LogP) is -0.117. The molecular formula is C16H22N4S+2. The summed E-state index contributed by atoms with van der Waals surface area (Å²) in [7, 11) is 0. The monoisotopic (exact) mass is 302 g/mol. The average Bonchev–Trinajstić information content (AvgIpc) is 2.91. The van der Waals surface area contributed by atoms with E-state index in [1.54, 1.807) is 9.80 Å². The van der Waals surface area contributed by atoms with Crippen LogP contribution in [0.5, 0.6) is 0 Å². The van der Waals surface area contributed by atoms with Gasteiger partial charge in [0.1, 0.15) is 37.7 Å². The third kappa shape index (κ3) is 3.79. The number of rotatable bonds is 5. The predicted molar refractivity (Wildman–Crippen MR) is 84.4 cm³/mol. The Morgan fingerprint density at radius 3 is 2.67 bits per heavy atom. The Morgan fingerprint density at radius 2 is 1.90 bits per heavy atom. The third-order valence-corrected chi connectivity index (χ3v) is 5.26. The SMILES string of the molecule is N#CCCC[NH+]1CC[NH+](Cc2nc3ccccc3s2)CC1. The number of nitriles is 1. The minimum atomic E-state index is 0.700. The Hall–Kier alpha value is -1.48. The highest BCUT2D eigenvalue weighted by Crippen LogP contribution is 2.20. The molecule has 0 atom stereocenters. The van der Waals surface area contributed by atoms with Crippen LogP contribution in [-0.4, -0.2) is 37.7 Å². The van der Waals surface area contributed by atoms with Crippen molar-refractivity contribution < 1.29 is 9.80 Å².